The van der Waals surface area contributed by atoms with Gasteiger partial charge in [0.05, 0.1) is 10.6 Å². The smallest absolute Gasteiger partial charge is 0.261 e. The summed E-state index contributed by atoms with van der Waals surface area (Å²) in [5.41, 5.74) is 5.99. The Morgan fingerprint density at radius 2 is 1.56 bits per heavy atom. The van der Waals surface area contributed by atoms with Gasteiger partial charge >= 0.3 is 0 Å². The first-order valence-electron chi connectivity index (χ1n) is 7.74. The summed E-state index contributed by atoms with van der Waals surface area (Å²) >= 11 is 0. The molecule has 0 saturated heterocycles. The van der Waals surface area contributed by atoms with E-state index in [2.05, 4.69) is 4.72 Å². The number of carbonyl (C=O) groups excluding carboxylic acids is 1. The predicted molar refractivity (Wildman–Crippen MR) is 97.6 cm³/mol. The van der Waals surface area contributed by atoms with Gasteiger partial charge in [-0.15, -0.1) is 0 Å². The van der Waals surface area contributed by atoms with E-state index in [4.69, 9.17) is 5.73 Å². The molecule has 0 aliphatic rings. The van der Waals surface area contributed by atoms with Crippen LogP contribution in [-0.4, -0.2) is 14.3 Å². The lowest BCUT2D eigenvalue weighted by atomic mass is 10.0. The molecule has 3 aromatic carbocycles. The molecular weight excluding hydrogens is 374 g/mol. The molecule has 0 aliphatic carbocycles. The zero-order valence-corrected chi connectivity index (χ0v) is 14.6. The Balaban J connectivity index is 2.03. The standard InChI is InChI=1S/C19H14F2N2O3S/c20-14-6-4-12(5-7-14)17-11-15(21)8-9-18(17)23-27(25,26)16-3-1-2-13(10-16)19(22)24/h1-11,23H,(H2,22,24). The SMILES string of the molecule is NC(=O)c1cccc(S(=O)(=O)Nc2ccc(F)cc2-c2ccc(F)cc2)c1. The van der Waals surface area contributed by atoms with Crippen molar-refractivity contribution in [3.8, 4) is 11.1 Å². The lowest BCUT2D eigenvalue weighted by molar-refractivity contribution is 0.1000. The number of amides is 1. The molecule has 0 saturated carbocycles. The summed E-state index contributed by atoms with van der Waals surface area (Å²) in [7, 11) is -4.08. The molecule has 3 aromatic rings. The van der Waals surface area contributed by atoms with E-state index in [9.17, 15) is 22.0 Å². The van der Waals surface area contributed by atoms with E-state index in [1.165, 1.54) is 48.5 Å². The summed E-state index contributed by atoms with van der Waals surface area (Å²) in [6.45, 7) is 0. The normalized spacial score (nSPS) is 11.2. The molecule has 0 radical (unpaired) electrons. The van der Waals surface area contributed by atoms with Crippen LogP contribution in [0.25, 0.3) is 11.1 Å². The third-order valence-electron chi connectivity index (χ3n) is 3.81. The van der Waals surface area contributed by atoms with Crippen molar-refractivity contribution in [2.45, 2.75) is 4.90 Å². The predicted octanol–water partition coefficient (Wildman–Crippen LogP) is 3.53. The highest BCUT2D eigenvalue weighted by Gasteiger charge is 2.18. The quantitative estimate of drug-likeness (QED) is 0.701. The number of hydrogen-bond acceptors (Lipinski definition) is 3. The van der Waals surface area contributed by atoms with Crippen molar-refractivity contribution in [3.05, 3.63) is 83.9 Å². The van der Waals surface area contributed by atoms with E-state index in [1.807, 2.05) is 0 Å². The first-order chi connectivity index (χ1) is 12.8. The number of nitrogens with two attached hydrogens (primary N) is 1. The first kappa shape index (κ1) is 18.5. The van der Waals surface area contributed by atoms with Gasteiger partial charge in [-0.3, -0.25) is 9.52 Å². The second kappa shape index (κ2) is 7.16. The number of benzene rings is 3. The number of nitrogens with one attached hydrogen (secondary N) is 1. The number of primary amides is 1. The highest BCUT2D eigenvalue weighted by molar-refractivity contribution is 7.92. The second-order valence-corrected chi connectivity index (χ2v) is 7.38. The van der Waals surface area contributed by atoms with Crippen LogP contribution in [0.15, 0.2) is 71.6 Å². The number of anilines is 1. The van der Waals surface area contributed by atoms with Gasteiger partial charge in [-0.2, -0.15) is 0 Å². The maximum Gasteiger partial charge on any atom is 0.261 e. The van der Waals surface area contributed by atoms with Crippen molar-refractivity contribution < 1.29 is 22.0 Å². The monoisotopic (exact) mass is 388 g/mol. The van der Waals surface area contributed by atoms with Crippen LogP contribution in [-0.2, 0) is 10.0 Å². The minimum absolute atomic E-state index is 0.0377. The first-order valence-corrected chi connectivity index (χ1v) is 9.23. The topological polar surface area (TPSA) is 89.3 Å². The van der Waals surface area contributed by atoms with Gasteiger partial charge in [-0.25, -0.2) is 17.2 Å². The summed E-state index contributed by atoms with van der Waals surface area (Å²) in [5.74, 6) is -1.81. The number of carbonyl (C=O) groups is 1. The highest BCUT2D eigenvalue weighted by Crippen LogP contribution is 2.31. The van der Waals surface area contributed by atoms with Gasteiger partial charge in [0.15, 0.2) is 0 Å². The minimum Gasteiger partial charge on any atom is -0.366 e. The molecule has 0 spiro atoms. The number of halogens is 2. The van der Waals surface area contributed by atoms with Crippen LogP contribution >= 0.6 is 0 Å². The molecule has 0 fully saturated rings. The summed E-state index contributed by atoms with van der Waals surface area (Å²) in [5, 5.41) is 0. The number of sulfonamides is 1. The van der Waals surface area contributed by atoms with E-state index in [1.54, 1.807) is 0 Å². The van der Waals surface area contributed by atoms with Crippen molar-refractivity contribution in [1.82, 2.24) is 0 Å². The molecule has 3 N–H and O–H groups in total. The van der Waals surface area contributed by atoms with Crippen LogP contribution < -0.4 is 10.5 Å². The van der Waals surface area contributed by atoms with Crippen LogP contribution in [0.2, 0.25) is 0 Å². The average Bonchev–Trinajstić information content (AvgIpc) is 2.64. The van der Waals surface area contributed by atoms with Gasteiger partial charge in [0.1, 0.15) is 11.6 Å². The van der Waals surface area contributed by atoms with Crippen LogP contribution in [0, 0.1) is 11.6 Å². The molecule has 3 rings (SSSR count). The molecule has 0 unspecified atom stereocenters. The Hall–Kier alpha value is -3.26. The van der Waals surface area contributed by atoms with Crippen LogP contribution in [0.4, 0.5) is 14.5 Å². The van der Waals surface area contributed by atoms with Gasteiger partial charge in [-0.05, 0) is 54.1 Å². The lowest BCUT2D eigenvalue weighted by Crippen LogP contribution is -2.16. The van der Waals surface area contributed by atoms with Crippen LogP contribution in [0.5, 0.6) is 0 Å². The fourth-order valence-corrected chi connectivity index (χ4v) is 3.62. The van der Waals surface area contributed by atoms with E-state index in [0.29, 0.717) is 5.56 Å². The fraction of sp³-hybridized carbons (Fsp3) is 0. The molecule has 0 aliphatic heterocycles. The van der Waals surface area contributed by atoms with Crippen molar-refractivity contribution in [3.63, 3.8) is 0 Å². The highest BCUT2D eigenvalue weighted by atomic mass is 32.2. The van der Waals surface area contributed by atoms with Crippen molar-refractivity contribution >= 4 is 21.6 Å². The molecule has 0 atom stereocenters. The average molecular weight is 388 g/mol. The molecule has 5 nitrogen and oxygen atoms in total. The zero-order chi connectivity index (χ0) is 19.6. The summed E-state index contributed by atoms with van der Waals surface area (Å²) < 4.78 is 54.6. The van der Waals surface area contributed by atoms with Crippen LogP contribution in [0.1, 0.15) is 10.4 Å². The van der Waals surface area contributed by atoms with Crippen molar-refractivity contribution in [2.75, 3.05) is 4.72 Å². The molecule has 138 valence electrons. The number of rotatable bonds is 5. The Bertz CT molecular complexity index is 1110. The second-order valence-electron chi connectivity index (χ2n) is 5.69. The molecule has 27 heavy (non-hydrogen) atoms. The third-order valence-corrected chi connectivity index (χ3v) is 5.17. The van der Waals surface area contributed by atoms with Gasteiger partial charge in [-0.1, -0.05) is 18.2 Å². The van der Waals surface area contributed by atoms with Crippen molar-refractivity contribution in [2.24, 2.45) is 5.73 Å². The maximum atomic E-state index is 13.7. The summed E-state index contributed by atoms with van der Waals surface area (Å²) in [6.07, 6.45) is 0. The van der Waals surface area contributed by atoms with E-state index in [0.717, 1.165) is 18.2 Å². The van der Waals surface area contributed by atoms with Gasteiger partial charge in [0, 0.05) is 11.1 Å². The number of hydrogen-bond donors (Lipinski definition) is 2. The Kier molecular flexibility index (Phi) is 4.91. The lowest BCUT2D eigenvalue weighted by Gasteiger charge is -2.13. The fourth-order valence-electron chi connectivity index (χ4n) is 2.49. The summed E-state index contributed by atoms with van der Waals surface area (Å²) in [6, 6.07) is 13.9. The molecular formula is C19H14F2N2O3S. The minimum atomic E-state index is -4.08. The Morgan fingerprint density at radius 1 is 0.889 bits per heavy atom. The molecule has 0 aromatic heterocycles. The van der Waals surface area contributed by atoms with Crippen LogP contribution in [0.3, 0.4) is 0 Å². The van der Waals surface area contributed by atoms with Gasteiger partial charge < -0.3 is 5.73 Å². The maximum absolute atomic E-state index is 13.7. The third kappa shape index (κ3) is 4.12. The molecule has 1 amide bonds. The van der Waals surface area contributed by atoms with Gasteiger partial charge in [0.2, 0.25) is 5.91 Å². The van der Waals surface area contributed by atoms with E-state index >= 15 is 0 Å². The zero-order valence-electron chi connectivity index (χ0n) is 13.8. The Labute approximate surface area is 154 Å². The van der Waals surface area contributed by atoms with Gasteiger partial charge in [0.25, 0.3) is 10.0 Å². The largest absolute Gasteiger partial charge is 0.366 e. The molecule has 8 heteroatoms. The van der Waals surface area contributed by atoms with Crippen molar-refractivity contribution in [1.29, 1.82) is 0 Å². The van der Waals surface area contributed by atoms with E-state index in [-0.39, 0.29) is 21.7 Å². The Morgan fingerprint density at radius 3 is 2.22 bits per heavy atom. The summed E-state index contributed by atoms with van der Waals surface area (Å²) in [4.78, 5) is 11.1. The van der Waals surface area contributed by atoms with E-state index < -0.39 is 27.6 Å². The molecule has 0 heterocycles. The molecule has 0 bridgehead atoms.